The molecule has 4 heterocycles. The third-order valence-corrected chi connectivity index (χ3v) is 8.42. The lowest BCUT2D eigenvalue weighted by Crippen LogP contribution is -2.55. The first-order valence-corrected chi connectivity index (χ1v) is 12.9. The second-order valence-electron chi connectivity index (χ2n) is 8.60. The number of thioether (sulfide) groups is 1. The van der Waals surface area contributed by atoms with E-state index in [1.54, 1.807) is 16.0 Å². The van der Waals surface area contributed by atoms with Gasteiger partial charge in [0.15, 0.2) is 0 Å². The molecule has 2 unspecified atom stereocenters. The van der Waals surface area contributed by atoms with Crippen LogP contribution in [0.15, 0.2) is 27.2 Å². The van der Waals surface area contributed by atoms with E-state index >= 15 is 0 Å². The van der Waals surface area contributed by atoms with Crippen molar-refractivity contribution in [2.45, 2.75) is 50.0 Å². The van der Waals surface area contributed by atoms with Crippen LogP contribution in [0.25, 0.3) is 21.3 Å². The molecule has 0 spiro atoms. The molecule has 11 heteroatoms. The molecule has 1 N–H and O–H groups in total. The summed E-state index contributed by atoms with van der Waals surface area (Å²) >= 11 is 8.64. The molecule has 1 saturated heterocycles. The average molecular weight is 515 g/mol. The van der Waals surface area contributed by atoms with Crippen molar-refractivity contribution in [3.8, 4) is 10.4 Å². The van der Waals surface area contributed by atoms with E-state index in [2.05, 4.69) is 10.3 Å². The number of piperazine rings is 1. The Morgan fingerprint density at radius 1 is 1.21 bits per heavy atom. The number of alkyl halides is 3. The van der Waals surface area contributed by atoms with E-state index < -0.39 is 17.4 Å². The zero-order valence-electron chi connectivity index (χ0n) is 18.0. The monoisotopic (exact) mass is 514 g/mol. The molecule has 0 saturated carbocycles. The average Bonchev–Trinajstić information content (AvgIpc) is 3.02. The summed E-state index contributed by atoms with van der Waals surface area (Å²) in [5.41, 5.74) is -0.498. The molecule has 0 aliphatic carbocycles. The molecule has 33 heavy (non-hydrogen) atoms. The first-order valence-electron chi connectivity index (χ1n) is 10.7. The van der Waals surface area contributed by atoms with Gasteiger partial charge in [0.05, 0.1) is 16.1 Å². The van der Waals surface area contributed by atoms with Crippen LogP contribution in [-0.4, -0.2) is 40.5 Å². The van der Waals surface area contributed by atoms with Crippen molar-refractivity contribution in [1.82, 2.24) is 14.9 Å². The second-order valence-corrected chi connectivity index (χ2v) is 11.0. The number of halogens is 4. The summed E-state index contributed by atoms with van der Waals surface area (Å²) < 4.78 is 44.8. The van der Waals surface area contributed by atoms with Gasteiger partial charge in [-0.2, -0.15) is 18.2 Å². The molecule has 2 atom stereocenters. The number of benzene rings is 1. The fourth-order valence-corrected chi connectivity index (χ4v) is 7.19. The molecule has 176 valence electrons. The van der Waals surface area contributed by atoms with Crippen molar-refractivity contribution in [1.29, 1.82) is 0 Å². The fraction of sp³-hybridized carbons (Fsp3) is 0.455. The molecule has 2 aliphatic rings. The Morgan fingerprint density at radius 2 is 1.94 bits per heavy atom. The summed E-state index contributed by atoms with van der Waals surface area (Å²) in [6, 6.07) is 2.98. The smallest absolute Gasteiger partial charge is 0.353 e. The van der Waals surface area contributed by atoms with Crippen LogP contribution >= 0.6 is 34.7 Å². The molecule has 1 fully saturated rings. The Kier molecular flexibility index (Phi) is 5.91. The predicted octanol–water partition coefficient (Wildman–Crippen LogP) is 5.48. The molecule has 0 bridgehead atoms. The predicted molar refractivity (Wildman–Crippen MR) is 129 cm³/mol. The second kappa shape index (κ2) is 8.48. The van der Waals surface area contributed by atoms with Crippen molar-refractivity contribution >= 4 is 51.4 Å². The van der Waals surface area contributed by atoms with Crippen molar-refractivity contribution < 1.29 is 13.2 Å². The Morgan fingerprint density at radius 3 is 2.58 bits per heavy atom. The van der Waals surface area contributed by atoms with Gasteiger partial charge in [0.1, 0.15) is 5.82 Å². The molecule has 5 rings (SSSR count). The van der Waals surface area contributed by atoms with Crippen LogP contribution in [0.5, 0.6) is 0 Å². The minimum absolute atomic E-state index is 0.103. The summed E-state index contributed by atoms with van der Waals surface area (Å²) in [4.78, 5) is 20.3. The number of thiophene rings is 1. The van der Waals surface area contributed by atoms with E-state index in [0.29, 0.717) is 63.3 Å². The highest BCUT2D eigenvalue weighted by atomic mass is 35.5. The Bertz CT molecular complexity index is 1280. The third kappa shape index (κ3) is 4.15. The summed E-state index contributed by atoms with van der Waals surface area (Å²) in [7, 11) is 0. The molecular weight excluding hydrogens is 493 g/mol. The zero-order valence-corrected chi connectivity index (χ0v) is 20.4. The van der Waals surface area contributed by atoms with Gasteiger partial charge in [-0.1, -0.05) is 11.6 Å². The number of hydrogen-bond acceptors (Lipinski definition) is 6. The van der Waals surface area contributed by atoms with E-state index in [4.69, 9.17) is 11.6 Å². The number of aryl methyl sites for hydroxylation is 1. The molecule has 5 nitrogen and oxygen atoms in total. The van der Waals surface area contributed by atoms with Crippen LogP contribution in [-0.2, 0) is 12.7 Å². The van der Waals surface area contributed by atoms with Crippen molar-refractivity contribution in [3.63, 3.8) is 0 Å². The minimum Gasteiger partial charge on any atom is -0.353 e. The maximum Gasteiger partial charge on any atom is 0.417 e. The van der Waals surface area contributed by atoms with Gasteiger partial charge in [-0.3, -0.25) is 4.57 Å². The van der Waals surface area contributed by atoms with Gasteiger partial charge in [-0.15, -0.1) is 23.1 Å². The third-order valence-electron chi connectivity index (χ3n) is 5.95. The molecule has 2 aliphatic heterocycles. The highest BCUT2D eigenvalue weighted by Crippen LogP contribution is 2.49. The molecule has 0 amide bonds. The number of rotatable bonds is 2. The number of nitrogens with zero attached hydrogens (tertiary/aromatic N) is 3. The maximum absolute atomic E-state index is 14.4. The van der Waals surface area contributed by atoms with Crippen LogP contribution in [0.4, 0.5) is 19.0 Å². The lowest BCUT2D eigenvalue weighted by molar-refractivity contribution is -0.137. The van der Waals surface area contributed by atoms with Gasteiger partial charge in [-0.25, -0.2) is 4.79 Å². The number of nitrogens with one attached hydrogen (secondary N) is 1. The summed E-state index contributed by atoms with van der Waals surface area (Å²) in [6.45, 7) is 5.57. The highest BCUT2D eigenvalue weighted by Gasteiger charge is 2.38. The Labute approximate surface area is 201 Å². The van der Waals surface area contributed by atoms with Crippen LogP contribution in [0, 0.1) is 0 Å². The molecular formula is C22H22ClF3N4OS2. The lowest BCUT2D eigenvalue weighted by Gasteiger charge is -2.37. The highest BCUT2D eigenvalue weighted by molar-refractivity contribution is 7.99. The maximum atomic E-state index is 14.4. The van der Waals surface area contributed by atoms with E-state index in [1.807, 2.05) is 18.7 Å². The van der Waals surface area contributed by atoms with Gasteiger partial charge in [-0.05, 0) is 38.2 Å². The Balaban J connectivity index is 1.89. The number of hydrogen-bond donors (Lipinski definition) is 1. The molecule has 2 aromatic heterocycles. The lowest BCUT2D eigenvalue weighted by atomic mass is 10.0. The number of aromatic nitrogens is 2. The molecule has 3 aromatic rings. The van der Waals surface area contributed by atoms with Crippen molar-refractivity contribution in [3.05, 3.63) is 38.6 Å². The van der Waals surface area contributed by atoms with Crippen LogP contribution in [0.3, 0.4) is 0 Å². The largest absolute Gasteiger partial charge is 0.417 e. The summed E-state index contributed by atoms with van der Waals surface area (Å²) in [6.07, 6.45) is -3.91. The van der Waals surface area contributed by atoms with Crippen molar-refractivity contribution in [2.24, 2.45) is 0 Å². The zero-order chi connectivity index (χ0) is 23.5. The Hall–Kier alpha value is -1.75. The quantitative estimate of drug-likeness (QED) is 0.491. The van der Waals surface area contributed by atoms with Crippen molar-refractivity contribution in [2.75, 3.05) is 23.7 Å². The van der Waals surface area contributed by atoms with Crippen LogP contribution in [0.1, 0.15) is 25.8 Å². The first kappa shape index (κ1) is 23.0. The van der Waals surface area contributed by atoms with Gasteiger partial charge in [0, 0.05) is 57.8 Å². The SMILES string of the molecule is CC1CN(c2nc(=O)n3c4c(c(-c5cc(Cl)cs5)c(C(F)(F)F)cc24)SCCC3)CC(C)N1. The van der Waals surface area contributed by atoms with Crippen LogP contribution < -0.4 is 15.9 Å². The minimum atomic E-state index is -4.58. The van der Waals surface area contributed by atoms with Crippen LogP contribution in [0.2, 0.25) is 5.02 Å². The fourth-order valence-electron chi connectivity index (χ4n) is 4.79. The first-order chi connectivity index (χ1) is 15.6. The van der Waals surface area contributed by atoms with E-state index in [-0.39, 0.29) is 17.6 Å². The topological polar surface area (TPSA) is 50.2 Å². The standard InChI is InChI=1S/C22H22ClF3N4OS2/c1-11-8-29(9-12(2)27-11)20-14-7-15(22(24,25)26)17(16-6-13(23)10-33-16)19-18(14)30(21(31)28-20)4-3-5-32-19/h6-7,10-12,27H,3-5,8-9H2,1-2H3. The van der Waals surface area contributed by atoms with Gasteiger partial charge in [0.25, 0.3) is 0 Å². The van der Waals surface area contributed by atoms with E-state index in [9.17, 15) is 18.0 Å². The number of anilines is 1. The van der Waals surface area contributed by atoms with E-state index in [0.717, 1.165) is 0 Å². The summed E-state index contributed by atoms with van der Waals surface area (Å²) in [5.74, 6) is 0.942. The summed E-state index contributed by atoms with van der Waals surface area (Å²) in [5, 5.41) is 5.81. The molecule has 0 radical (unpaired) electrons. The van der Waals surface area contributed by atoms with Gasteiger partial charge >= 0.3 is 11.9 Å². The molecule has 1 aromatic carbocycles. The van der Waals surface area contributed by atoms with E-state index in [1.165, 1.54) is 29.2 Å². The van der Waals surface area contributed by atoms with Gasteiger partial charge in [0.2, 0.25) is 0 Å². The van der Waals surface area contributed by atoms with Gasteiger partial charge < -0.3 is 10.2 Å². The normalized spacial score (nSPS) is 21.5.